The lowest BCUT2D eigenvalue weighted by atomic mass is 10.00. The quantitative estimate of drug-likeness (QED) is 0.703. The van der Waals surface area contributed by atoms with Crippen molar-refractivity contribution in [1.29, 1.82) is 0 Å². The van der Waals surface area contributed by atoms with Crippen LogP contribution in [0.15, 0.2) is 48.5 Å². The Bertz CT molecular complexity index is 1130. The topological polar surface area (TPSA) is 62.3 Å². The fourth-order valence-electron chi connectivity index (χ4n) is 4.58. The molecule has 2 saturated heterocycles. The Morgan fingerprint density at radius 3 is 2.41 bits per heavy atom. The molecule has 2 aliphatic heterocycles. The first-order chi connectivity index (χ1) is 14.0. The molecule has 5 nitrogen and oxygen atoms in total. The normalized spacial score (nSPS) is 21.6. The number of amides is 2. The molecule has 0 saturated carbocycles. The van der Waals surface area contributed by atoms with E-state index < -0.39 is 0 Å². The number of nitrogens with one attached hydrogen (secondary N) is 1. The highest BCUT2D eigenvalue weighted by molar-refractivity contribution is 6.05. The van der Waals surface area contributed by atoms with E-state index in [4.69, 9.17) is 4.98 Å². The SMILES string of the molecule is Cc1cccc(-c2nc3cc(C)ccc3cc2CN2C[C@@H]3C(=O)NC(=O)[C@@H]3C2)c1. The van der Waals surface area contributed by atoms with Crippen LogP contribution in [0.25, 0.3) is 22.2 Å². The van der Waals surface area contributed by atoms with E-state index >= 15 is 0 Å². The van der Waals surface area contributed by atoms with Gasteiger partial charge in [0.2, 0.25) is 11.8 Å². The van der Waals surface area contributed by atoms with Crippen molar-refractivity contribution in [3.05, 3.63) is 65.2 Å². The fourth-order valence-corrected chi connectivity index (χ4v) is 4.58. The maximum absolute atomic E-state index is 12.0. The van der Waals surface area contributed by atoms with Crippen molar-refractivity contribution in [3.8, 4) is 11.3 Å². The van der Waals surface area contributed by atoms with Gasteiger partial charge < -0.3 is 0 Å². The number of carbonyl (C=O) groups excluding carboxylic acids is 2. The van der Waals surface area contributed by atoms with E-state index in [1.54, 1.807) is 0 Å². The summed E-state index contributed by atoms with van der Waals surface area (Å²) in [7, 11) is 0. The fraction of sp³-hybridized carbons (Fsp3) is 0.292. The minimum atomic E-state index is -0.221. The number of nitrogens with zero attached hydrogens (tertiary/aromatic N) is 2. The van der Waals surface area contributed by atoms with Gasteiger partial charge in [0.15, 0.2) is 0 Å². The van der Waals surface area contributed by atoms with Crippen LogP contribution in [0.2, 0.25) is 0 Å². The third kappa shape index (κ3) is 3.21. The van der Waals surface area contributed by atoms with Gasteiger partial charge in [-0.15, -0.1) is 0 Å². The molecule has 2 aromatic carbocycles. The predicted molar refractivity (Wildman–Crippen MR) is 112 cm³/mol. The lowest BCUT2D eigenvalue weighted by Gasteiger charge is -2.19. The predicted octanol–water partition coefficient (Wildman–Crippen LogP) is 3.22. The van der Waals surface area contributed by atoms with Crippen LogP contribution in [-0.4, -0.2) is 34.8 Å². The first-order valence-corrected chi connectivity index (χ1v) is 10.0. The van der Waals surface area contributed by atoms with E-state index in [1.165, 1.54) is 11.1 Å². The molecule has 3 heterocycles. The van der Waals surface area contributed by atoms with Crippen LogP contribution in [0.4, 0.5) is 0 Å². The number of rotatable bonds is 3. The van der Waals surface area contributed by atoms with Crippen molar-refractivity contribution < 1.29 is 9.59 Å². The molecule has 2 atom stereocenters. The molecule has 29 heavy (non-hydrogen) atoms. The number of hydrogen-bond donors (Lipinski definition) is 1. The van der Waals surface area contributed by atoms with E-state index in [0.29, 0.717) is 19.6 Å². The Morgan fingerprint density at radius 2 is 1.69 bits per heavy atom. The second-order valence-electron chi connectivity index (χ2n) is 8.32. The van der Waals surface area contributed by atoms with Crippen molar-refractivity contribution in [2.45, 2.75) is 20.4 Å². The maximum Gasteiger partial charge on any atom is 0.231 e. The molecule has 2 aliphatic rings. The molecular weight excluding hydrogens is 362 g/mol. The summed E-state index contributed by atoms with van der Waals surface area (Å²) in [5.74, 6) is -0.705. The number of aromatic nitrogens is 1. The molecule has 5 rings (SSSR count). The zero-order chi connectivity index (χ0) is 20.1. The van der Waals surface area contributed by atoms with Crippen molar-refractivity contribution in [3.63, 3.8) is 0 Å². The molecule has 0 aliphatic carbocycles. The Labute approximate surface area is 169 Å². The van der Waals surface area contributed by atoms with Crippen LogP contribution < -0.4 is 5.32 Å². The standard InChI is InChI=1S/C24H23N3O2/c1-14-4-3-5-17(8-14)22-18(10-16-7-6-15(2)9-21(16)25-22)11-27-12-19-20(13-27)24(29)26-23(19)28/h3-10,19-20H,11-13H2,1-2H3,(H,26,28,29)/t19-,20+. The van der Waals surface area contributed by atoms with Gasteiger partial charge in [-0.05, 0) is 43.2 Å². The zero-order valence-corrected chi connectivity index (χ0v) is 16.6. The molecule has 2 fully saturated rings. The van der Waals surface area contributed by atoms with Gasteiger partial charge in [0.25, 0.3) is 0 Å². The summed E-state index contributed by atoms with van der Waals surface area (Å²) in [6.07, 6.45) is 0. The summed E-state index contributed by atoms with van der Waals surface area (Å²) < 4.78 is 0. The third-order valence-corrected chi connectivity index (χ3v) is 6.05. The summed E-state index contributed by atoms with van der Waals surface area (Å²) >= 11 is 0. The Balaban J connectivity index is 1.55. The zero-order valence-electron chi connectivity index (χ0n) is 16.6. The molecule has 0 unspecified atom stereocenters. The second-order valence-corrected chi connectivity index (χ2v) is 8.32. The number of benzene rings is 2. The van der Waals surface area contributed by atoms with Crippen LogP contribution in [0, 0.1) is 25.7 Å². The van der Waals surface area contributed by atoms with Gasteiger partial charge in [0.1, 0.15) is 0 Å². The lowest BCUT2D eigenvalue weighted by molar-refractivity contribution is -0.126. The number of imide groups is 1. The van der Waals surface area contributed by atoms with E-state index in [2.05, 4.69) is 72.6 Å². The second kappa shape index (κ2) is 6.78. The summed E-state index contributed by atoms with van der Waals surface area (Å²) in [5, 5.41) is 3.57. The number of hydrogen-bond acceptors (Lipinski definition) is 4. The monoisotopic (exact) mass is 385 g/mol. The Morgan fingerprint density at radius 1 is 0.966 bits per heavy atom. The molecule has 2 amide bonds. The summed E-state index contributed by atoms with van der Waals surface area (Å²) in [5.41, 5.74) is 6.55. The van der Waals surface area contributed by atoms with Gasteiger partial charge in [-0.3, -0.25) is 19.8 Å². The highest BCUT2D eigenvalue weighted by Crippen LogP contribution is 2.32. The van der Waals surface area contributed by atoms with Crippen LogP contribution >= 0.6 is 0 Å². The van der Waals surface area contributed by atoms with Crippen LogP contribution in [0.3, 0.4) is 0 Å². The molecule has 0 spiro atoms. The number of carbonyl (C=O) groups is 2. The average molecular weight is 385 g/mol. The molecule has 0 bridgehead atoms. The number of fused-ring (bicyclic) bond motifs is 2. The van der Waals surface area contributed by atoms with E-state index in [-0.39, 0.29) is 23.7 Å². The van der Waals surface area contributed by atoms with Crippen LogP contribution in [-0.2, 0) is 16.1 Å². The molecule has 1 N–H and O–H groups in total. The lowest BCUT2D eigenvalue weighted by Crippen LogP contribution is -2.31. The van der Waals surface area contributed by atoms with Gasteiger partial charge >= 0.3 is 0 Å². The van der Waals surface area contributed by atoms with E-state index in [9.17, 15) is 9.59 Å². The van der Waals surface area contributed by atoms with Gasteiger partial charge in [0, 0.05) is 30.6 Å². The van der Waals surface area contributed by atoms with Gasteiger partial charge in [-0.25, -0.2) is 4.98 Å². The summed E-state index contributed by atoms with van der Waals surface area (Å²) in [6.45, 7) is 6.06. The minimum absolute atomic E-state index is 0.131. The number of aryl methyl sites for hydroxylation is 2. The minimum Gasteiger partial charge on any atom is -0.297 e. The summed E-state index contributed by atoms with van der Waals surface area (Å²) in [4.78, 5) is 31.3. The van der Waals surface area contributed by atoms with Gasteiger partial charge in [0.05, 0.1) is 23.0 Å². The molecule has 3 aromatic rings. The number of pyridine rings is 1. The third-order valence-electron chi connectivity index (χ3n) is 6.05. The Kier molecular flexibility index (Phi) is 4.21. The van der Waals surface area contributed by atoms with Crippen molar-refractivity contribution in [2.75, 3.05) is 13.1 Å². The highest BCUT2D eigenvalue weighted by Gasteiger charge is 2.47. The Hall–Kier alpha value is -3.05. The van der Waals surface area contributed by atoms with Crippen molar-refractivity contribution in [2.24, 2.45) is 11.8 Å². The maximum atomic E-state index is 12.0. The van der Waals surface area contributed by atoms with Crippen molar-refractivity contribution in [1.82, 2.24) is 15.2 Å². The van der Waals surface area contributed by atoms with Crippen LogP contribution in [0.5, 0.6) is 0 Å². The van der Waals surface area contributed by atoms with E-state index in [0.717, 1.165) is 27.7 Å². The van der Waals surface area contributed by atoms with Gasteiger partial charge in [-0.1, -0.05) is 35.9 Å². The number of likely N-dealkylation sites (tertiary alicyclic amines) is 1. The first kappa shape index (κ1) is 18.0. The smallest absolute Gasteiger partial charge is 0.231 e. The van der Waals surface area contributed by atoms with E-state index in [1.807, 2.05) is 0 Å². The van der Waals surface area contributed by atoms with Crippen LogP contribution in [0.1, 0.15) is 16.7 Å². The highest BCUT2D eigenvalue weighted by atomic mass is 16.2. The molecular formula is C24H23N3O2. The first-order valence-electron chi connectivity index (χ1n) is 10.0. The molecule has 146 valence electrons. The molecule has 0 radical (unpaired) electrons. The average Bonchev–Trinajstić information content (AvgIpc) is 3.22. The summed E-state index contributed by atoms with van der Waals surface area (Å²) in [6, 6.07) is 16.9. The molecule has 5 heteroatoms. The molecule has 1 aromatic heterocycles. The van der Waals surface area contributed by atoms with Gasteiger partial charge in [-0.2, -0.15) is 0 Å². The van der Waals surface area contributed by atoms with Crippen molar-refractivity contribution >= 4 is 22.7 Å². The largest absolute Gasteiger partial charge is 0.297 e.